The molecule has 0 saturated carbocycles. The van der Waals surface area contributed by atoms with Gasteiger partial charge in [0.1, 0.15) is 18.8 Å². The number of pyridine rings is 1. The summed E-state index contributed by atoms with van der Waals surface area (Å²) in [6, 6.07) is 21.4. The van der Waals surface area contributed by atoms with Crippen LogP contribution >= 0.6 is 0 Å². The van der Waals surface area contributed by atoms with Crippen molar-refractivity contribution in [3.63, 3.8) is 0 Å². The number of benzene rings is 2. The van der Waals surface area contributed by atoms with Crippen LogP contribution < -0.4 is 10.0 Å². The van der Waals surface area contributed by atoms with Gasteiger partial charge in [0.25, 0.3) is 11.8 Å². The normalized spacial score (nSPS) is 10.9. The molecule has 188 valence electrons. The first kappa shape index (κ1) is 26.6. The standard InChI is InChI=1S/C26H27N3O6S/c30-24(35-19-21-12-5-2-6-13-21)18-28-26(32)23-15-14-22(17-27-23)25(31)29-36(33,34)16-8-7-11-20-9-3-1-4-10-20/h1-6,9-10,12-15,17H,7-8,11,16,18-19H2,(H,28,32)(H,29,31). The van der Waals surface area contributed by atoms with Crippen LogP contribution in [0.25, 0.3) is 0 Å². The van der Waals surface area contributed by atoms with E-state index in [2.05, 4.69) is 10.3 Å². The number of nitrogens with zero attached hydrogens (tertiary/aromatic N) is 1. The summed E-state index contributed by atoms with van der Waals surface area (Å²) in [6.45, 7) is -0.258. The molecule has 0 unspecified atom stereocenters. The average Bonchev–Trinajstić information content (AvgIpc) is 2.89. The van der Waals surface area contributed by atoms with Crippen LogP contribution in [0.1, 0.15) is 44.8 Å². The highest BCUT2D eigenvalue weighted by Gasteiger charge is 2.17. The SMILES string of the molecule is O=C(CNC(=O)c1ccc(C(=O)NS(=O)(=O)CCCCc2ccccc2)cn1)OCc1ccccc1. The second-order valence-corrected chi connectivity index (χ2v) is 9.80. The largest absolute Gasteiger partial charge is 0.460 e. The van der Waals surface area contributed by atoms with Gasteiger partial charge in [-0.05, 0) is 42.5 Å². The number of rotatable bonds is 12. The summed E-state index contributed by atoms with van der Waals surface area (Å²) in [6.07, 6.45) is 2.93. The Morgan fingerprint density at radius 1 is 0.806 bits per heavy atom. The third-order valence-electron chi connectivity index (χ3n) is 5.11. The molecule has 0 atom stereocenters. The van der Waals surface area contributed by atoms with E-state index in [9.17, 15) is 22.8 Å². The number of carbonyl (C=O) groups excluding carboxylic acids is 3. The molecule has 1 heterocycles. The molecule has 2 N–H and O–H groups in total. The topological polar surface area (TPSA) is 132 Å². The maximum absolute atomic E-state index is 12.3. The molecule has 0 fully saturated rings. The van der Waals surface area contributed by atoms with Crippen LogP contribution in [0.3, 0.4) is 0 Å². The quantitative estimate of drug-likeness (QED) is 0.283. The lowest BCUT2D eigenvalue weighted by molar-refractivity contribution is -0.143. The Bertz CT molecular complexity index is 1260. The van der Waals surface area contributed by atoms with Crippen molar-refractivity contribution in [2.45, 2.75) is 25.9 Å². The number of hydrogen-bond acceptors (Lipinski definition) is 7. The number of unbranched alkanes of at least 4 members (excludes halogenated alkanes) is 1. The molecule has 0 spiro atoms. The van der Waals surface area contributed by atoms with Gasteiger partial charge in [0.05, 0.1) is 11.3 Å². The van der Waals surface area contributed by atoms with E-state index in [1.165, 1.54) is 12.1 Å². The number of ether oxygens (including phenoxy) is 1. The van der Waals surface area contributed by atoms with Crippen molar-refractivity contribution < 1.29 is 27.5 Å². The number of esters is 1. The predicted molar refractivity (Wildman–Crippen MR) is 133 cm³/mol. The highest BCUT2D eigenvalue weighted by atomic mass is 32.2. The van der Waals surface area contributed by atoms with Crippen molar-refractivity contribution >= 4 is 27.8 Å². The molecule has 2 amide bonds. The average molecular weight is 510 g/mol. The molecular weight excluding hydrogens is 482 g/mol. The van der Waals surface area contributed by atoms with Crippen molar-refractivity contribution in [2.75, 3.05) is 12.3 Å². The maximum atomic E-state index is 12.3. The molecule has 3 aromatic rings. The third-order valence-corrected chi connectivity index (χ3v) is 6.44. The minimum Gasteiger partial charge on any atom is -0.460 e. The minimum atomic E-state index is -3.81. The Morgan fingerprint density at radius 3 is 2.11 bits per heavy atom. The summed E-state index contributed by atoms with van der Waals surface area (Å²) in [5, 5.41) is 2.39. The van der Waals surface area contributed by atoms with Gasteiger partial charge in [-0.25, -0.2) is 13.1 Å². The molecule has 0 aliphatic carbocycles. The Labute approximate surface area is 210 Å². The molecule has 0 radical (unpaired) electrons. The highest BCUT2D eigenvalue weighted by molar-refractivity contribution is 7.90. The maximum Gasteiger partial charge on any atom is 0.325 e. The molecule has 0 aliphatic rings. The molecule has 0 saturated heterocycles. The van der Waals surface area contributed by atoms with Crippen molar-refractivity contribution in [3.8, 4) is 0 Å². The molecule has 1 aromatic heterocycles. The van der Waals surface area contributed by atoms with Gasteiger partial charge in [-0.15, -0.1) is 0 Å². The number of nitrogens with one attached hydrogen (secondary N) is 2. The van der Waals surface area contributed by atoms with Gasteiger partial charge in [-0.2, -0.15) is 0 Å². The highest BCUT2D eigenvalue weighted by Crippen LogP contribution is 2.07. The zero-order chi connectivity index (χ0) is 25.8. The van der Waals surface area contributed by atoms with Crippen LogP contribution in [0.4, 0.5) is 0 Å². The van der Waals surface area contributed by atoms with Crippen LogP contribution in [-0.2, 0) is 32.6 Å². The second-order valence-electron chi connectivity index (χ2n) is 7.95. The van der Waals surface area contributed by atoms with E-state index in [1.807, 2.05) is 65.4 Å². The van der Waals surface area contributed by atoms with E-state index in [-0.39, 0.29) is 30.2 Å². The van der Waals surface area contributed by atoms with Crippen molar-refractivity contribution in [1.29, 1.82) is 0 Å². The van der Waals surface area contributed by atoms with E-state index >= 15 is 0 Å². The monoisotopic (exact) mass is 509 g/mol. The first-order valence-electron chi connectivity index (χ1n) is 11.3. The van der Waals surface area contributed by atoms with Gasteiger partial charge in [-0.1, -0.05) is 60.7 Å². The van der Waals surface area contributed by atoms with Gasteiger partial charge in [0.2, 0.25) is 10.0 Å². The van der Waals surface area contributed by atoms with Crippen molar-refractivity contribution in [3.05, 3.63) is 101 Å². The fourth-order valence-corrected chi connectivity index (χ4v) is 4.30. The lowest BCUT2D eigenvalue weighted by Gasteiger charge is -2.08. The van der Waals surface area contributed by atoms with Crippen molar-refractivity contribution in [2.24, 2.45) is 0 Å². The van der Waals surface area contributed by atoms with Crippen LogP contribution in [0, 0.1) is 0 Å². The summed E-state index contributed by atoms with van der Waals surface area (Å²) in [5.41, 5.74) is 1.90. The summed E-state index contributed by atoms with van der Waals surface area (Å²) in [7, 11) is -3.81. The Kier molecular flexibility index (Phi) is 9.70. The molecule has 36 heavy (non-hydrogen) atoms. The van der Waals surface area contributed by atoms with Gasteiger partial charge < -0.3 is 10.1 Å². The Hall–Kier alpha value is -4.05. The number of aryl methyl sites for hydroxylation is 1. The van der Waals surface area contributed by atoms with Gasteiger partial charge in [-0.3, -0.25) is 19.4 Å². The molecule has 9 nitrogen and oxygen atoms in total. The van der Waals surface area contributed by atoms with Crippen LogP contribution in [0.5, 0.6) is 0 Å². The number of sulfonamides is 1. The van der Waals surface area contributed by atoms with Gasteiger partial charge in [0, 0.05) is 6.20 Å². The number of hydrogen-bond donors (Lipinski definition) is 2. The molecular formula is C26H27N3O6S. The molecule has 2 aromatic carbocycles. The van der Waals surface area contributed by atoms with Crippen molar-refractivity contribution in [1.82, 2.24) is 15.0 Å². The summed E-state index contributed by atoms with van der Waals surface area (Å²) >= 11 is 0. The van der Waals surface area contributed by atoms with Crippen LogP contribution in [0.15, 0.2) is 79.0 Å². The van der Waals surface area contributed by atoms with Gasteiger partial charge in [0.15, 0.2) is 0 Å². The fourth-order valence-electron chi connectivity index (χ4n) is 3.21. The smallest absolute Gasteiger partial charge is 0.325 e. The summed E-state index contributed by atoms with van der Waals surface area (Å²) < 4.78 is 31.6. The summed E-state index contributed by atoms with van der Waals surface area (Å²) in [5.74, 6) is -2.26. The Morgan fingerprint density at radius 2 is 1.47 bits per heavy atom. The number of carbonyl (C=O) groups is 3. The fraction of sp³-hybridized carbons (Fsp3) is 0.231. The van der Waals surface area contributed by atoms with Crippen LogP contribution in [-0.4, -0.2) is 43.5 Å². The Balaban J connectivity index is 1.40. The second kappa shape index (κ2) is 13.1. The first-order valence-corrected chi connectivity index (χ1v) is 13.0. The lowest BCUT2D eigenvalue weighted by Crippen LogP contribution is -2.33. The van der Waals surface area contributed by atoms with Crippen LogP contribution in [0.2, 0.25) is 0 Å². The number of aromatic nitrogens is 1. The van der Waals surface area contributed by atoms with E-state index < -0.39 is 27.8 Å². The predicted octanol–water partition coefficient (Wildman–Crippen LogP) is 2.64. The van der Waals surface area contributed by atoms with E-state index in [4.69, 9.17) is 4.74 Å². The minimum absolute atomic E-state index is 0.0123. The van der Waals surface area contributed by atoms with E-state index in [1.54, 1.807) is 0 Å². The first-order chi connectivity index (χ1) is 17.3. The number of amides is 2. The molecule has 0 aliphatic heterocycles. The van der Waals surface area contributed by atoms with Gasteiger partial charge >= 0.3 is 5.97 Å². The van der Waals surface area contributed by atoms with E-state index in [0.717, 1.165) is 23.7 Å². The molecule has 3 rings (SSSR count). The zero-order valence-electron chi connectivity index (χ0n) is 19.6. The lowest BCUT2D eigenvalue weighted by atomic mass is 10.1. The summed E-state index contributed by atoms with van der Waals surface area (Å²) in [4.78, 5) is 40.2. The molecule has 10 heteroatoms. The third kappa shape index (κ3) is 8.95. The molecule has 0 bridgehead atoms. The zero-order valence-corrected chi connectivity index (χ0v) is 20.4. The van der Waals surface area contributed by atoms with E-state index in [0.29, 0.717) is 12.8 Å².